The van der Waals surface area contributed by atoms with Crippen LogP contribution in [0.25, 0.3) is 0 Å². The molecule has 1 aliphatic carbocycles. The van der Waals surface area contributed by atoms with E-state index >= 15 is 0 Å². The number of rotatable bonds is 3. The van der Waals surface area contributed by atoms with Crippen molar-refractivity contribution in [3.05, 3.63) is 17.8 Å². The maximum Gasteiger partial charge on any atom is 0.272 e. The number of anilines is 1. The molecule has 6 heteroatoms. The SMILES string of the molecule is CC1CCC(NC(=O)c2ccc(NN)nn2)CC1C. The molecule has 4 N–H and O–H groups in total. The lowest BCUT2D eigenvalue weighted by atomic mass is 9.79. The predicted molar refractivity (Wildman–Crippen MR) is 73.3 cm³/mol. The summed E-state index contributed by atoms with van der Waals surface area (Å²) >= 11 is 0. The van der Waals surface area contributed by atoms with Gasteiger partial charge in [-0.05, 0) is 43.2 Å². The van der Waals surface area contributed by atoms with Gasteiger partial charge in [-0.25, -0.2) is 5.84 Å². The van der Waals surface area contributed by atoms with Crippen LogP contribution in [0.1, 0.15) is 43.6 Å². The number of nitrogens with two attached hydrogens (primary N) is 1. The first-order valence-corrected chi connectivity index (χ1v) is 6.71. The van der Waals surface area contributed by atoms with Crippen LogP contribution in [-0.4, -0.2) is 22.1 Å². The predicted octanol–water partition coefficient (Wildman–Crippen LogP) is 1.32. The van der Waals surface area contributed by atoms with E-state index in [9.17, 15) is 4.79 Å². The molecule has 1 amide bonds. The van der Waals surface area contributed by atoms with Gasteiger partial charge in [-0.3, -0.25) is 4.79 Å². The van der Waals surface area contributed by atoms with E-state index in [4.69, 9.17) is 5.84 Å². The highest BCUT2D eigenvalue weighted by molar-refractivity contribution is 5.92. The van der Waals surface area contributed by atoms with Crippen LogP contribution in [-0.2, 0) is 0 Å². The lowest BCUT2D eigenvalue weighted by molar-refractivity contribution is 0.0904. The largest absolute Gasteiger partial charge is 0.348 e. The molecule has 2 rings (SSSR count). The van der Waals surface area contributed by atoms with E-state index in [0.717, 1.165) is 25.2 Å². The van der Waals surface area contributed by atoms with Gasteiger partial charge in [-0.2, -0.15) is 0 Å². The fourth-order valence-corrected chi connectivity index (χ4v) is 2.47. The monoisotopic (exact) mass is 263 g/mol. The minimum Gasteiger partial charge on any atom is -0.348 e. The van der Waals surface area contributed by atoms with Crippen LogP contribution in [0.4, 0.5) is 5.82 Å². The number of amides is 1. The fourth-order valence-electron chi connectivity index (χ4n) is 2.47. The van der Waals surface area contributed by atoms with Gasteiger partial charge in [0.15, 0.2) is 11.5 Å². The summed E-state index contributed by atoms with van der Waals surface area (Å²) in [6, 6.07) is 3.49. The Labute approximate surface area is 113 Å². The maximum atomic E-state index is 12.0. The zero-order chi connectivity index (χ0) is 13.8. The average molecular weight is 263 g/mol. The first-order chi connectivity index (χ1) is 9.10. The van der Waals surface area contributed by atoms with Crippen molar-refractivity contribution >= 4 is 11.7 Å². The second-order valence-electron chi connectivity index (χ2n) is 5.39. The van der Waals surface area contributed by atoms with Gasteiger partial charge in [0.1, 0.15) is 0 Å². The van der Waals surface area contributed by atoms with Gasteiger partial charge in [-0.1, -0.05) is 13.8 Å². The minimum atomic E-state index is -0.164. The van der Waals surface area contributed by atoms with Crippen LogP contribution in [0, 0.1) is 11.8 Å². The van der Waals surface area contributed by atoms with Crippen molar-refractivity contribution in [1.82, 2.24) is 15.5 Å². The van der Waals surface area contributed by atoms with Gasteiger partial charge >= 0.3 is 0 Å². The molecule has 1 aliphatic rings. The van der Waals surface area contributed by atoms with E-state index in [2.05, 4.69) is 34.8 Å². The molecule has 0 spiro atoms. The molecule has 0 bridgehead atoms. The Bertz CT molecular complexity index is 433. The van der Waals surface area contributed by atoms with Gasteiger partial charge in [-0.15, -0.1) is 10.2 Å². The summed E-state index contributed by atoms with van der Waals surface area (Å²) in [7, 11) is 0. The smallest absolute Gasteiger partial charge is 0.272 e. The molecule has 0 aliphatic heterocycles. The van der Waals surface area contributed by atoms with Crippen LogP contribution < -0.4 is 16.6 Å². The molecule has 6 nitrogen and oxygen atoms in total. The van der Waals surface area contributed by atoms with Crippen LogP contribution in [0.5, 0.6) is 0 Å². The van der Waals surface area contributed by atoms with Gasteiger partial charge < -0.3 is 10.7 Å². The molecule has 0 saturated heterocycles. The van der Waals surface area contributed by atoms with Crippen LogP contribution >= 0.6 is 0 Å². The number of hydrogen-bond acceptors (Lipinski definition) is 5. The Kier molecular flexibility index (Phi) is 4.31. The minimum absolute atomic E-state index is 0.164. The van der Waals surface area contributed by atoms with Gasteiger partial charge in [0.2, 0.25) is 0 Å². The van der Waals surface area contributed by atoms with Crippen molar-refractivity contribution in [1.29, 1.82) is 0 Å². The van der Waals surface area contributed by atoms with Gasteiger partial charge in [0.05, 0.1) is 0 Å². The topological polar surface area (TPSA) is 92.9 Å². The number of hydrogen-bond donors (Lipinski definition) is 3. The molecule has 1 aromatic heterocycles. The molecular formula is C13H21N5O. The summed E-state index contributed by atoms with van der Waals surface area (Å²) in [5, 5.41) is 10.7. The van der Waals surface area contributed by atoms with Crippen molar-refractivity contribution in [2.75, 3.05) is 5.43 Å². The van der Waals surface area contributed by atoms with E-state index in [1.54, 1.807) is 12.1 Å². The number of carbonyl (C=O) groups is 1. The highest BCUT2D eigenvalue weighted by Gasteiger charge is 2.26. The second-order valence-corrected chi connectivity index (χ2v) is 5.39. The Morgan fingerprint density at radius 2 is 2.05 bits per heavy atom. The van der Waals surface area contributed by atoms with Gasteiger partial charge in [0, 0.05) is 6.04 Å². The van der Waals surface area contributed by atoms with E-state index in [-0.39, 0.29) is 11.9 Å². The first-order valence-electron chi connectivity index (χ1n) is 6.71. The normalized spacial score (nSPS) is 26.8. The van der Waals surface area contributed by atoms with Crippen molar-refractivity contribution in [3.63, 3.8) is 0 Å². The van der Waals surface area contributed by atoms with Crippen molar-refractivity contribution in [2.24, 2.45) is 17.7 Å². The van der Waals surface area contributed by atoms with Crippen molar-refractivity contribution in [3.8, 4) is 0 Å². The quantitative estimate of drug-likeness (QED) is 0.565. The van der Waals surface area contributed by atoms with Crippen molar-refractivity contribution < 1.29 is 4.79 Å². The molecule has 1 saturated carbocycles. The summed E-state index contributed by atoms with van der Waals surface area (Å²) in [6.45, 7) is 4.51. The maximum absolute atomic E-state index is 12.0. The van der Waals surface area contributed by atoms with E-state index in [1.807, 2.05) is 0 Å². The average Bonchev–Trinajstić information content (AvgIpc) is 2.43. The molecule has 1 heterocycles. The third-order valence-electron chi connectivity index (χ3n) is 3.98. The van der Waals surface area contributed by atoms with Crippen molar-refractivity contribution in [2.45, 2.75) is 39.2 Å². The summed E-state index contributed by atoms with van der Waals surface area (Å²) < 4.78 is 0. The molecule has 19 heavy (non-hydrogen) atoms. The zero-order valence-corrected chi connectivity index (χ0v) is 11.4. The molecule has 0 radical (unpaired) electrons. The Morgan fingerprint density at radius 3 is 2.63 bits per heavy atom. The molecule has 1 fully saturated rings. The number of aromatic nitrogens is 2. The molecule has 0 aromatic carbocycles. The highest BCUT2D eigenvalue weighted by Crippen LogP contribution is 2.29. The number of carbonyl (C=O) groups excluding carboxylic acids is 1. The summed E-state index contributed by atoms with van der Waals surface area (Å²) in [5.41, 5.74) is 2.70. The number of nitrogens with one attached hydrogen (secondary N) is 2. The summed E-state index contributed by atoms with van der Waals surface area (Å²) in [4.78, 5) is 12.0. The van der Waals surface area contributed by atoms with E-state index in [0.29, 0.717) is 17.4 Å². The number of nitrogen functional groups attached to an aromatic ring is 1. The third-order valence-corrected chi connectivity index (χ3v) is 3.98. The van der Waals surface area contributed by atoms with Gasteiger partial charge in [0.25, 0.3) is 5.91 Å². The Morgan fingerprint density at radius 1 is 1.26 bits per heavy atom. The number of hydrazine groups is 1. The summed E-state index contributed by atoms with van der Waals surface area (Å²) in [6.07, 6.45) is 3.23. The molecule has 3 atom stereocenters. The second kappa shape index (κ2) is 5.97. The van der Waals surface area contributed by atoms with E-state index in [1.165, 1.54) is 0 Å². The number of nitrogens with zero attached hydrogens (tertiary/aromatic N) is 2. The highest BCUT2D eigenvalue weighted by atomic mass is 16.2. The molecular weight excluding hydrogens is 242 g/mol. The van der Waals surface area contributed by atoms with Crippen LogP contribution in [0.2, 0.25) is 0 Å². The fraction of sp³-hybridized carbons (Fsp3) is 0.615. The molecule has 104 valence electrons. The molecule has 3 unspecified atom stereocenters. The lowest BCUT2D eigenvalue weighted by Gasteiger charge is -2.32. The molecule has 1 aromatic rings. The third kappa shape index (κ3) is 3.41. The standard InChI is InChI=1S/C13H21N5O/c1-8-3-4-10(7-9(8)2)15-13(19)11-5-6-12(16-14)18-17-11/h5-6,8-10H,3-4,7,14H2,1-2H3,(H,15,19)(H,16,18). The summed E-state index contributed by atoms with van der Waals surface area (Å²) in [5.74, 6) is 6.86. The Hall–Kier alpha value is -1.69. The Balaban J connectivity index is 1.93. The zero-order valence-electron chi connectivity index (χ0n) is 11.4. The lowest BCUT2D eigenvalue weighted by Crippen LogP contribution is -2.40. The van der Waals surface area contributed by atoms with Crippen LogP contribution in [0.15, 0.2) is 12.1 Å². The van der Waals surface area contributed by atoms with E-state index < -0.39 is 0 Å². The van der Waals surface area contributed by atoms with Crippen LogP contribution in [0.3, 0.4) is 0 Å². The first kappa shape index (κ1) is 13.7.